The molecule has 0 aliphatic heterocycles. The minimum atomic E-state index is -0.294. The highest BCUT2D eigenvalue weighted by Crippen LogP contribution is 2.24. The fraction of sp³-hybridized carbons (Fsp3) is 0. The molecule has 0 aliphatic rings. The minimum Gasteiger partial charge on any atom is -0.321 e. The van der Waals surface area contributed by atoms with Crippen LogP contribution in [0.15, 0.2) is 60.4 Å². The molecule has 0 atom stereocenters. The van der Waals surface area contributed by atoms with Gasteiger partial charge in [-0.05, 0) is 36.4 Å². The van der Waals surface area contributed by atoms with Crippen LogP contribution in [-0.2, 0) is 0 Å². The summed E-state index contributed by atoms with van der Waals surface area (Å²) in [4.78, 5) is 21.6. The molecule has 7 heteroatoms. The van der Waals surface area contributed by atoms with E-state index in [1.54, 1.807) is 52.6 Å². The van der Waals surface area contributed by atoms with Gasteiger partial charge in [0.15, 0.2) is 4.96 Å². The standard InChI is InChI=1S/C17H11FN4OS/c18-12-3-1-11(2-4-12)14-9-22-15(10-24-17(22)21-14)16(23)20-13-5-7-19-8-6-13/h1-10H,(H,19,20,23). The van der Waals surface area contributed by atoms with Gasteiger partial charge in [0.05, 0.1) is 5.69 Å². The van der Waals surface area contributed by atoms with Gasteiger partial charge in [-0.2, -0.15) is 0 Å². The van der Waals surface area contributed by atoms with Crippen molar-refractivity contribution in [1.29, 1.82) is 0 Å². The number of nitrogens with zero attached hydrogens (tertiary/aromatic N) is 3. The number of imidazole rings is 1. The van der Waals surface area contributed by atoms with Crippen LogP contribution < -0.4 is 5.32 Å². The molecule has 5 nitrogen and oxygen atoms in total. The summed E-state index contributed by atoms with van der Waals surface area (Å²) in [6.07, 6.45) is 5.01. The Morgan fingerprint density at radius 3 is 2.62 bits per heavy atom. The third-order valence-corrected chi connectivity index (χ3v) is 4.36. The van der Waals surface area contributed by atoms with Crippen LogP contribution in [0.1, 0.15) is 10.5 Å². The van der Waals surface area contributed by atoms with Gasteiger partial charge in [-0.3, -0.25) is 14.2 Å². The summed E-state index contributed by atoms with van der Waals surface area (Å²) in [5.41, 5.74) is 2.66. The summed E-state index contributed by atoms with van der Waals surface area (Å²) < 4.78 is 14.8. The van der Waals surface area contributed by atoms with E-state index in [9.17, 15) is 9.18 Å². The van der Waals surface area contributed by atoms with Crippen molar-refractivity contribution >= 4 is 27.9 Å². The van der Waals surface area contributed by atoms with Gasteiger partial charge >= 0.3 is 0 Å². The summed E-state index contributed by atoms with van der Waals surface area (Å²) in [5.74, 6) is -0.521. The highest BCUT2D eigenvalue weighted by molar-refractivity contribution is 7.15. The number of benzene rings is 1. The number of amides is 1. The van der Waals surface area contributed by atoms with Gasteiger partial charge in [0.1, 0.15) is 11.5 Å². The maximum absolute atomic E-state index is 13.0. The molecular weight excluding hydrogens is 327 g/mol. The summed E-state index contributed by atoms with van der Waals surface area (Å²) in [7, 11) is 0. The van der Waals surface area contributed by atoms with Crippen molar-refractivity contribution < 1.29 is 9.18 Å². The van der Waals surface area contributed by atoms with E-state index in [1.165, 1.54) is 23.5 Å². The van der Waals surface area contributed by atoms with E-state index in [0.717, 1.165) is 5.56 Å². The van der Waals surface area contributed by atoms with Gasteiger partial charge in [0.2, 0.25) is 0 Å². The van der Waals surface area contributed by atoms with Gasteiger partial charge in [-0.1, -0.05) is 0 Å². The molecule has 0 saturated carbocycles. The largest absolute Gasteiger partial charge is 0.321 e. The number of nitrogens with one attached hydrogen (secondary N) is 1. The Labute approximate surface area is 140 Å². The number of thiazole rings is 1. The van der Waals surface area contributed by atoms with Crippen LogP contribution in [0, 0.1) is 5.82 Å². The normalized spacial score (nSPS) is 10.9. The number of carbonyl (C=O) groups excluding carboxylic acids is 1. The molecule has 1 N–H and O–H groups in total. The first-order valence-electron chi connectivity index (χ1n) is 7.14. The number of halogens is 1. The summed E-state index contributed by atoms with van der Waals surface area (Å²) in [5, 5.41) is 4.58. The Kier molecular flexibility index (Phi) is 3.55. The third-order valence-electron chi connectivity index (χ3n) is 3.52. The van der Waals surface area contributed by atoms with Crippen LogP contribution in [0.3, 0.4) is 0 Å². The average Bonchev–Trinajstić information content (AvgIpc) is 3.17. The van der Waals surface area contributed by atoms with E-state index in [4.69, 9.17) is 0 Å². The molecule has 118 valence electrons. The average molecular weight is 338 g/mol. The number of aromatic nitrogens is 3. The zero-order chi connectivity index (χ0) is 16.5. The molecule has 0 unspecified atom stereocenters. The molecule has 4 aromatic rings. The van der Waals surface area contributed by atoms with Gasteiger partial charge in [-0.15, -0.1) is 11.3 Å². The fourth-order valence-corrected chi connectivity index (χ4v) is 3.19. The van der Waals surface area contributed by atoms with E-state index >= 15 is 0 Å². The predicted molar refractivity (Wildman–Crippen MR) is 90.7 cm³/mol. The predicted octanol–water partition coefficient (Wildman–Crippen LogP) is 3.85. The molecule has 0 fully saturated rings. The SMILES string of the molecule is O=C(Nc1ccncc1)c1csc2nc(-c3ccc(F)cc3)cn12. The third kappa shape index (κ3) is 2.65. The van der Waals surface area contributed by atoms with Crippen LogP contribution in [0.25, 0.3) is 16.2 Å². The van der Waals surface area contributed by atoms with E-state index in [2.05, 4.69) is 15.3 Å². The topological polar surface area (TPSA) is 59.3 Å². The quantitative estimate of drug-likeness (QED) is 0.617. The number of carbonyl (C=O) groups is 1. The fourth-order valence-electron chi connectivity index (χ4n) is 2.34. The second-order valence-corrected chi connectivity index (χ2v) is 5.93. The van der Waals surface area contributed by atoms with Crippen molar-refractivity contribution in [3.05, 3.63) is 71.9 Å². The van der Waals surface area contributed by atoms with E-state index in [-0.39, 0.29) is 11.7 Å². The monoisotopic (exact) mass is 338 g/mol. The van der Waals surface area contributed by atoms with Gasteiger partial charge in [0.25, 0.3) is 5.91 Å². The van der Waals surface area contributed by atoms with Crippen molar-refractivity contribution in [2.45, 2.75) is 0 Å². The Bertz CT molecular complexity index is 1010. The molecule has 0 saturated heterocycles. The molecule has 0 bridgehead atoms. The Morgan fingerprint density at radius 2 is 1.88 bits per heavy atom. The van der Waals surface area contributed by atoms with Gasteiger partial charge < -0.3 is 5.32 Å². The second kappa shape index (κ2) is 5.86. The maximum Gasteiger partial charge on any atom is 0.273 e. The van der Waals surface area contributed by atoms with E-state index in [1.807, 2.05) is 0 Å². The van der Waals surface area contributed by atoms with Crippen molar-refractivity contribution in [2.75, 3.05) is 5.32 Å². The van der Waals surface area contributed by atoms with Gasteiger partial charge in [-0.25, -0.2) is 9.37 Å². The summed E-state index contributed by atoms with van der Waals surface area (Å²) in [6.45, 7) is 0. The number of hydrogen-bond donors (Lipinski definition) is 1. The Balaban J connectivity index is 1.67. The molecule has 3 heterocycles. The number of hydrogen-bond acceptors (Lipinski definition) is 4. The lowest BCUT2D eigenvalue weighted by Gasteiger charge is -2.03. The van der Waals surface area contributed by atoms with Gasteiger partial charge in [0, 0.05) is 35.2 Å². The lowest BCUT2D eigenvalue weighted by atomic mass is 10.2. The lowest BCUT2D eigenvalue weighted by molar-refractivity contribution is 0.102. The zero-order valence-electron chi connectivity index (χ0n) is 12.3. The number of fused-ring (bicyclic) bond motifs is 1. The summed E-state index contributed by atoms with van der Waals surface area (Å²) >= 11 is 1.38. The van der Waals surface area contributed by atoms with Crippen LogP contribution in [0.5, 0.6) is 0 Å². The molecule has 24 heavy (non-hydrogen) atoms. The highest BCUT2D eigenvalue weighted by Gasteiger charge is 2.15. The first kappa shape index (κ1) is 14.5. The molecule has 1 amide bonds. The van der Waals surface area contributed by atoms with Crippen LogP contribution >= 0.6 is 11.3 Å². The number of pyridine rings is 1. The lowest BCUT2D eigenvalue weighted by Crippen LogP contribution is -2.13. The second-order valence-electron chi connectivity index (χ2n) is 5.10. The van der Waals surface area contributed by atoms with Crippen molar-refractivity contribution in [3.8, 4) is 11.3 Å². The van der Waals surface area contributed by atoms with Crippen molar-refractivity contribution in [2.24, 2.45) is 0 Å². The molecule has 0 spiro atoms. The number of anilines is 1. The van der Waals surface area contributed by atoms with Crippen LogP contribution in [0.2, 0.25) is 0 Å². The first-order valence-corrected chi connectivity index (χ1v) is 8.02. The van der Waals surface area contributed by atoms with Crippen LogP contribution in [-0.4, -0.2) is 20.3 Å². The molecule has 1 aromatic carbocycles. The first-order chi connectivity index (χ1) is 11.7. The highest BCUT2D eigenvalue weighted by atomic mass is 32.1. The molecule has 4 rings (SSSR count). The number of rotatable bonds is 3. The van der Waals surface area contributed by atoms with Crippen LogP contribution in [0.4, 0.5) is 10.1 Å². The smallest absolute Gasteiger partial charge is 0.273 e. The molecule has 0 aliphatic carbocycles. The van der Waals surface area contributed by atoms with E-state index < -0.39 is 0 Å². The Hall–Kier alpha value is -3.06. The molecule has 3 aromatic heterocycles. The van der Waals surface area contributed by atoms with E-state index in [0.29, 0.717) is 22.0 Å². The zero-order valence-corrected chi connectivity index (χ0v) is 13.1. The van der Waals surface area contributed by atoms with Crippen molar-refractivity contribution in [1.82, 2.24) is 14.4 Å². The van der Waals surface area contributed by atoms with Crippen molar-refractivity contribution in [3.63, 3.8) is 0 Å². The minimum absolute atomic E-state index is 0.226. The molecular formula is C17H11FN4OS. The Morgan fingerprint density at radius 1 is 1.12 bits per heavy atom. The maximum atomic E-state index is 13.0. The molecule has 0 radical (unpaired) electrons. The summed E-state index contributed by atoms with van der Waals surface area (Å²) in [6, 6.07) is 9.55.